The second kappa shape index (κ2) is 8.81. The van der Waals surface area contributed by atoms with E-state index in [1.807, 2.05) is 6.07 Å². The number of nitrogens with one attached hydrogen (secondary N) is 2. The molecule has 1 aromatic rings. The van der Waals surface area contributed by atoms with Crippen molar-refractivity contribution in [1.29, 1.82) is 0 Å². The number of carbonyl (C=O) groups is 2. The van der Waals surface area contributed by atoms with Crippen LogP contribution in [0.5, 0.6) is 0 Å². The smallest absolute Gasteiger partial charge is 0.309 e. The molecule has 5 nitrogen and oxygen atoms in total. The Hall–Kier alpha value is -1.40. The van der Waals surface area contributed by atoms with E-state index in [1.165, 1.54) is 17.7 Å². The molecule has 138 valence electrons. The van der Waals surface area contributed by atoms with Gasteiger partial charge >= 0.3 is 11.8 Å². The van der Waals surface area contributed by atoms with Crippen molar-refractivity contribution < 1.29 is 14.3 Å². The summed E-state index contributed by atoms with van der Waals surface area (Å²) in [6.45, 7) is 1.89. The summed E-state index contributed by atoms with van der Waals surface area (Å²) in [5.74, 6) is -0.994. The Bertz CT molecular complexity index is 559. The third-order valence-electron chi connectivity index (χ3n) is 5.48. The molecule has 0 aromatic carbocycles. The summed E-state index contributed by atoms with van der Waals surface area (Å²) in [4.78, 5) is 25.8. The van der Waals surface area contributed by atoms with Crippen LogP contribution in [0.2, 0.25) is 0 Å². The van der Waals surface area contributed by atoms with E-state index in [0.29, 0.717) is 19.8 Å². The molecule has 1 aromatic heterocycles. The molecule has 2 heterocycles. The SMILES string of the molecule is O=C(NCC1(c2cccs2)CCOCC1)C(=O)NC1CCCCCC1. The van der Waals surface area contributed by atoms with Crippen molar-refractivity contribution in [3.8, 4) is 0 Å². The number of hydrogen-bond acceptors (Lipinski definition) is 4. The second-order valence-corrected chi connectivity index (χ2v) is 8.16. The lowest BCUT2D eigenvalue weighted by molar-refractivity contribution is -0.140. The first kappa shape index (κ1) is 18.4. The minimum Gasteiger partial charge on any atom is -0.381 e. The maximum absolute atomic E-state index is 12.3. The molecular formula is C19H28N2O3S. The molecule has 0 unspecified atom stereocenters. The molecule has 1 saturated heterocycles. The molecule has 1 aliphatic carbocycles. The van der Waals surface area contributed by atoms with Crippen LogP contribution in [0.4, 0.5) is 0 Å². The third kappa shape index (κ3) is 4.82. The number of rotatable bonds is 4. The van der Waals surface area contributed by atoms with Crippen LogP contribution >= 0.6 is 11.3 Å². The molecule has 6 heteroatoms. The maximum Gasteiger partial charge on any atom is 0.309 e. The fourth-order valence-electron chi connectivity index (χ4n) is 3.86. The highest BCUT2D eigenvalue weighted by atomic mass is 32.1. The molecule has 0 radical (unpaired) electrons. The van der Waals surface area contributed by atoms with Gasteiger partial charge in [-0.05, 0) is 37.1 Å². The van der Waals surface area contributed by atoms with Gasteiger partial charge < -0.3 is 15.4 Å². The predicted octanol–water partition coefficient (Wildman–Crippen LogP) is 2.75. The Morgan fingerprint density at radius 3 is 2.48 bits per heavy atom. The van der Waals surface area contributed by atoms with E-state index in [1.54, 1.807) is 11.3 Å². The summed E-state index contributed by atoms with van der Waals surface area (Å²) in [6, 6.07) is 4.31. The van der Waals surface area contributed by atoms with Crippen molar-refractivity contribution in [3.63, 3.8) is 0 Å². The molecule has 2 aliphatic rings. The van der Waals surface area contributed by atoms with Gasteiger partial charge in [0.15, 0.2) is 0 Å². The Morgan fingerprint density at radius 2 is 1.84 bits per heavy atom. The average molecular weight is 365 g/mol. The lowest BCUT2D eigenvalue weighted by atomic mass is 9.78. The lowest BCUT2D eigenvalue weighted by Gasteiger charge is -2.36. The molecule has 0 atom stereocenters. The first-order valence-electron chi connectivity index (χ1n) is 9.40. The molecule has 2 amide bonds. The van der Waals surface area contributed by atoms with Gasteiger partial charge in [0.05, 0.1) is 0 Å². The molecule has 3 rings (SSSR count). The topological polar surface area (TPSA) is 67.4 Å². The summed E-state index contributed by atoms with van der Waals surface area (Å²) >= 11 is 1.71. The normalized spacial score (nSPS) is 21.3. The standard InChI is InChI=1S/C19H28N2O3S/c22-17(18(23)21-15-6-3-1-2-4-7-15)20-14-19(9-11-24-12-10-19)16-8-5-13-25-16/h5,8,13,15H,1-4,6-7,9-12,14H2,(H,20,22)(H,21,23). The number of thiophene rings is 1. The van der Waals surface area contributed by atoms with Crippen LogP contribution in [0.15, 0.2) is 17.5 Å². The van der Waals surface area contributed by atoms with E-state index in [2.05, 4.69) is 22.1 Å². The van der Waals surface area contributed by atoms with E-state index >= 15 is 0 Å². The van der Waals surface area contributed by atoms with E-state index in [-0.39, 0.29) is 11.5 Å². The summed E-state index contributed by atoms with van der Waals surface area (Å²) < 4.78 is 5.50. The van der Waals surface area contributed by atoms with Crippen molar-refractivity contribution in [1.82, 2.24) is 10.6 Å². The van der Waals surface area contributed by atoms with Crippen LogP contribution in [0.1, 0.15) is 56.2 Å². The first-order valence-corrected chi connectivity index (χ1v) is 10.3. The minimum atomic E-state index is -0.508. The Morgan fingerprint density at radius 1 is 1.12 bits per heavy atom. The van der Waals surface area contributed by atoms with Gasteiger partial charge in [0.25, 0.3) is 0 Å². The van der Waals surface area contributed by atoms with Gasteiger partial charge in [-0.1, -0.05) is 31.7 Å². The van der Waals surface area contributed by atoms with Crippen molar-refractivity contribution >= 4 is 23.2 Å². The summed E-state index contributed by atoms with van der Waals surface area (Å²) in [5, 5.41) is 7.87. The van der Waals surface area contributed by atoms with Crippen LogP contribution in [0.3, 0.4) is 0 Å². The molecule has 1 saturated carbocycles. The lowest BCUT2D eigenvalue weighted by Crippen LogP contribution is -2.49. The molecule has 0 spiro atoms. The maximum atomic E-state index is 12.3. The van der Waals surface area contributed by atoms with Gasteiger partial charge in [0, 0.05) is 36.1 Å². The fourth-order valence-corrected chi connectivity index (χ4v) is 4.84. The highest BCUT2D eigenvalue weighted by molar-refractivity contribution is 7.10. The number of ether oxygens (including phenoxy) is 1. The molecular weight excluding hydrogens is 336 g/mol. The average Bonchev–Trinajstić information content (AvgIpc) is 3.07. The quantitative estimate of drug-likeness (QED) is 0.638. The summed E-state index contributed by atoms with van der Waals surface area (Å²) in [5.41, 5.74) is -0.106. The molecule has 0 bridgehead atoms. The largest absolute Gasteiger partial charge is 0.381 e. The van der Waals surface area contributed by atoms with E-state index in [0.717, 1.165) is 38.5 Å². The van der Waals surface area contributed by atoms with Crippen LogP contribution in [-0.2, 0) is 19.7 Å². The molecule has 2 fully saturated rings. The van der Waals surface area contributed by atoms with Crippen molar-refractivity contribution in [2.24, 2.45) is 0 Å². The van der Waals surface area contributed by atoms with Gasteiger partial charge in [-0.2, -0.15) is 0 Å². The summed E-state index contributed by atoms with van der Waals surface area (Å²) in [7, 11) is 0. The Labute approximate surface area is 153 Å². The zero-order valence-electron chi connectivity index (χ0n) is 14.7. The molecule has 1 aliphatic heterocycles. The van der Waals surface area contributed by atoms with Crippen LogP contribution in [0.25, 0.3) is 0 Å². The van der Waals surface area contributed by atoms with Gasteiger partial charge in [0.1, 0.15) is 0 Å². The van der Waals surface area contributed by atoms with E-state index < -0.39 is 11.8 Å². The monoisotopic (exact) mass is 364 g/mol. The van der Waals surface area contributed by atoms with Crippen molar-refractivity contribution in [2.45, 2.75) is 62.8 Å². The highest BCUT2D eigenvalue weighted by Gasteiger charge is 2.36. The fraction of sp³-hybridized carbons (Fsp3) is 0.684. The zero-order chi connectivity index (χ0) is 17.5. The first-order chi connectivity index (χ1) is 12.2. The minimum absolute atomic E-state index is 0.106. The second-order valence-electron chi connectivity index (χ2n) is 7.21. The third-order valence-corrected chi connectivity index (χ3v) is 6.59. The number of carbonyl (C=O) groups excluding carboxylic acids is 2. The molecule has 25 heavy (non-hydrogen) atoms. The van der Waals surface area contributed by atoms with Gasteiger partial charge in [0.2, 0.25) is 0 Å². The van der Waals surface area contributed by atoms with Crippen molar-refractivity contribution in [2.75, 3.05) is 19.8 Å². The van der Waals surface area contributed by atoms with Gasteiger partial charge in [-0.15, -0.1) is 11.3 Å². The van der Waals surface area contributed by atoms with E-state index in [9.17, 15) is 9.59 Å². The molecule has 2 N–H and O–H groups in total. The highest BCUT2D eigenvalue weighted by Crippen LogP contribution is 2.36. The van der Waals surface area contributed by atoms with Gasteiger partial charge in [-0.25, -0.2) is 0 Å². The van der Waals surface area contributed by atoms with Gasteiger partial charge in [-0.3, -0.25) is 9.59 Å². The van der Waals surface area contributed by atoms with Crippen LogP contribution in [0, 0.1) is 0 Å². The van der Waals surface area contributed by atoms with Crippen LogP contribution in [-0.4, -0.2) is 37.6 Å². The number of amides is 2. The Kier molecular flexibility index (Phi) is 6.48. The van der Waals surface area contributed by atoms with Crippen LogP contribution < -0.4 is 10.6 Å². The van der Waals surface area contributed by atoms with Crippen molar-refractivity contribution in [3.05, 3.63) is 22.4 Å². The Balaban J connectivity index is 1.55. The predicted molar refractivity (Wildman–Crippen MR) is 98.7 cm³/mol. The number of hydrogen-bond donors (Lipinski definition) is 2. The zero-order valence-corrected chi connectivity index (χ0v) is 15.5. The van der Waals surface area contributed by atoms with E-state index in [4.69, 9.17) is 4.74 Å². The summed E-state index contributed by atoms with van der Waals surface area (Å²) in [6.07, 6.45) is 8.43.